The second-order valence-electron chi connectivity index (χ2n) is 9.23. The molecule has 2 aliphatic heterocycles. The van der Waals surface area contributed by atoms with Crippen LogP contribution in [0, 0.1) is 0 Å². The molecule has 3 rings (SSSR count). The second-order valence-corrected chi connectivity index (χ2v) is 9.23. The maximum atomic E-state index is 6.17. The molecule has 32 heavy (non-hydrogen) atoms. The second kappa shape index (κ2) is 13.8. The molecule has 1 atom stereocenters. The smallest absolute Gasteiger partial charge is 0.191 e. The molecule has 0 spiro atoms. The molecule has 7 heteroatoms. The Morgan fingerprint density at radius 2 is 1.84 bits per heavy atom. The zero-order valence-corrected chi connectivity index (χ0v) is 20.4. The van der Waals surface area contributed by atoms with Crippen LogP contribution >= 0.6 is 0 Å². The van der Waals surface area contributed by atoms with E-state index in [0.717, 1.165) is 90.7 Å². The minimum Gasteiger partial charge on any atom is -0.378 e. The Hall–Kier alpha value is -1.67. The molecule has 0 amide bonds. The van der Waals surface area contributed by atoms with Crippen molar-refractivity contribution in [1.29, 1.82) is 0 Å². The number of rotatable bonds is 10. The molecule has 2 heterocycles. The van der Waals surface area contributed by atoms with Crippen molar-refractivity contribution in [3.63, 3.8) is 0 Å². The van der Waals surface area contributed by atoms with Gasteiger partial charge in [0.2, 0.25) is 0 Å². The highest BCUT2D eigenvalue weighted by Gasteiger charge is 2.22. The van der Waals surface area contributed by atoms with Crippen molar-refractivity contribution in [3.8, 4) is 0 Å². The highest BCUT2D eigenvalue weighted by molar-refractivity contribution is 5.79. The van der Waals surface area contributed by atoms with Crippen LogP contribution in [-0.2, 0) is 11.3 Å². The predicted octanol–water partition coefficient (Wildman–Crippen LogP) is 1.86. The van der Waals surface area contributed by atoms with Crippen LogP contribution in [0.25, 0.3) is 0 Å². The number of hydrogen-bond donors (Lipinski definition) is 2. The summed E-state index contributed by atoms with van der Waals surface area (Å²) in [5, 5.41) is 6.85. The first kappa shape index (κ1) is 25.0. The van der Waals surface area contributed by atoms with Gasteiger partial charge in [-0.05, 0) is 45.8 Å². The van der Waals surface area contributed by atoms with Gasteiger partial charge in [-0.25, -0.2) is 0 Å². The van der Waals surface area contributed by atoms with E-state index >= 15 is 0 Å². The number of hydrogen-bond acceptors (Lipinski definition) is 5. The van der Waals surface area contributed by atoms with Crippen molar-refractivity contribution >= 4 is 5.96 Å². The third-order valence-electron chi connectivity index (χ3n) is 6.54. The maximum Gasteiger partial charge on any atom is 0.191 e. The van der Waals surface area contributed by atoms with Crippen LogP contribution in [0.4, 0.5) is 0 Å². The number of benzene rings is 1. The highest BCUT2D eigenvalue weighted by Crippen LogP contribution is 2.16. The maximum absolute atomic E-state index is 6.17. The zero-order valence-electron chi connectivity index (χ0n) is 20.4. The monoisotopic (exact) mass is 444 g/mol. The number of likely N-dealkylation sites (tertiary alicyclic amines) is 1. The predicted molar refractivity (Wildman–Crippen MR) is 133 cm³/mol. The minimum absolute atomic E-state index is 0.405. The van der Waals surface area contributed by atoms with Gasteiger partial charge in [0, 0.05) is 65.0 Å². The Kier molecular flexibility index (Phi) is 10.8. The van der Waals surface area contributed by atoms with E-state index in [1.165, 1.54) is 5.56 Å². The summed E-state index contributed by atoms with van der Waals surface area (Å²) in [6.07, 6.45) is 3.67. The normalized spacial score (nSPS) is 22.2. The summed E-state index contributed by atoms with van der Waals surface area (Å²) in [4.78, 5) is 12.2. The molecule has 0 bridgehead atoms. The summed E-state index contributed by atoms with van der Waals surface area (Å²) in [6.45, 7) is 12.2. The third kappa shape index (κ3) is 8.70. The van der Waals surface area contributed by atoms with E-state index in [9.17, 15) is 0 Å². The van der Waals surface area contributed by atoms with E-state index < -0.39 is 0 Å². The molecule has 2 N–H and O–H groups in total. The quantitative estimate of drug-likeness (QED) is 0.326. The van der Waals surface area contributed by atoms with Crippen LogP contribution in [0.1, 0.15) is 31.7 Å². The summed E-state index contributed by atoms with van der Waals surface area (Å²) in [7, 11) is 4.40. The van der Waals surface area contributed by atoms with Crippen molar-refractivity contribution in [2.45, 2.75) is 44.9 Å². The van der Waals surface area contributed by atoms with Crippen LogP contribution in [0.5, 0.6) is 0 Å². The zero-order chi connectivity index (χ0) is 22.6. The number of aliphatic imine (C=N–C) groups is 1. The van der Waals surface area contributed by atoms with Crippen LogP contribution < -0.4 is 10.6 Å². The Labute approximate surface area is 195 Å². The van der Waals surface area contributed by atoms with Gasteiger partial charge in [-0.2, -0.15) is 0 Å². The fraction of sp³-hybridized carbons (Fsp3) is 0.720. The molecular weight excluding hydrogens is 400 g/mol. The van der Waals surface area contributed by atoms with Crippen molar-refractivity contribution in [2.24, 2.45) is 4.99 Å². The van der Waals surface area contributed by atoms with Crippen molar-refractivity contribution < 1.29 is 4.74 Å². The van der Waals surface area contributed by atoms with Gasteiger partial charge in [0.15, 0.2) is 5.96 Å². The summed E-state index contributed by atoms with van der Waals surface area (Å²) in [5.41, 5.74) is 1.40. The van der Waals surface area contributed by atoms with Crippen molar-refractivity contribution in [3.05, 3.63) is 35.9 Å². The SMILES string of the molecule is CCNC(=NCC1CN(C)CCN1C)NCCCOC1CCN(Cc2ccccc2)CC1. The summed E-state index contributed by atoms with van der Waals surface area (Å²) in [5.74, 6) is 0.920. The average Bonchev–Trinajstić information content (AvgIpc) is 2.81. The lowest BCUT2D eigenvalue weighted by molar-refractivity contribution is 0.00534. The lowest BCUT2D eigenvalue weighted by Crippen LogP contribution is -2.51. The Morgan fingerprint density at radius 1 is 1.06 bits per heavy atom. The lowest BCUT2D eigenvalue weighted by Gasteiger charge is -2.36. The van der Waals surface area contributed by atoms with Crippen LogP contribution in [0.3, 0.4) is 0 Å². The molecule has 1 aromatic rings. The molecule has 2 fully saturated rings. The van der Waals surface area contributed by atoms with Crippen molar-refractivity contribution in [1.82, 2.24) is 25.3 Å². The largest absolute Gasteiger partial charge is 0.378 e. The summed E-state index contributed by atoms with van der Waals surface area (Å²) < 4.78 is 6.17. The molecular formula is C25H44N6O. The fourth-order valence-electron chi connectivity index (χ4n) is 4.44. The number of piperidine rings is 1. The molecule has 180 valence electrons. The highest BCUT2D eigenvalue weighted by atomic mass is 16.5. The lowest BCUT2D eigenvalue weighted by atomic mass is 10.1. The number of piperazine rings is 1. The van der Waals surface area contributed by atoms with E-state index in [0.29, 0.717) is 12.1 Å². The number of ether oxygens (including phenoxy) is 1. The standard InChI is InChI=1S/C25H44N6O/c1-4-26-25(28-19-23-21-29(2)16-17-30(23)3)27-13-8-18-32-24-11-14-31(15-12-24)20-22-9-6-5-7-10-22/h5-7,9-10,23-24H,4,8,11-21H2,1-3H3,(H2,26,27,28). The van der Waals surface area contributed by atoms with Gasteiger partial charge in [0.1, 0.15) is 0 Å². The molecule has 1 unspecified atom stereocenters. The number of guanidine groups is 1. The van der Waals surface area contributed by atoms with E-state index in [1.54, 1.807) is 0 Å². The molecule has 2 aliphatic rings. The topological polar surface area (TPSA) is 55.4 Å². The van der Waals surface area contributed by atoms with Gasteiger partial charge in [0.25, 0.3) is 0 Å². The van der Waals surface area contributed by atoms with Crippen LogP contribution in [-0.4, -0.2) is 106 Å². The molecule has 0 aliphatic carbocycles. The number of nitrogens with zero attached hydrogens (tertiary/aromatic N) is 4. The molecule has 0 aromatic heterocycles. The van der Waals surface area contributed by atoms with E-state index in [2.05, 4.69) is 76.7 Å². The Morgan fingerprint density at radius 3 is 2.59 bits per heavy atom. The van der Waals surface area contributed by atoms with Gasteiger partial charge < -0.3 is 20.3 Å². The summed E-state index contributed by atoms with van der Waals surface area (Å²) >= 11 is 0. The van der Waals surface area contributed by atoms with Gasteiger partial charge in [0.05, 0.1) is 12.6 Å². The average molecular weight is 445 g/mol. The van der Waals surface area contributed by atoms with Gasteiger partial charge in [-0.15, -0.1) is 0 Å². The van der Waals surface area contributed by atoms with Gasteiger partial charge in [-0.1, -0.05) is 30.3 Å². The van der Waals surface area contributed by atoms with Crippen LogP contribution in [0.15, 0.2) is 35.3 Å². The van der Waals surface area contributed by atoms with Gasteiger partial charge >= 0.3 is 0 Å². The first-order valence-electron chi connectivity index (χ1n) is 12.4. The Balaban J connectivity index is 1.28. The van der Waals surface area contributed by atoms with Crippen LogP contribution in [0.2, 0.25) is 0 Å². The van der Waals surface area contributed by atoms with Crippen molar-refractivity contribution in [2.75, 3.05) is 73.1 Å². The molecule has 1 aromatic carbocycles. The molecule has 0 radical (unpaired) electrons. The van der Waals surface area contributed by atoms with E-state index in [4.69, 9.17) is 9.73 Å². The van der Waals surface area contributed by atoms with Gasteiger partial charge in [-0.3, -0.25) is 14.8 Å². The molecule has 2 saturated heterocycles. The number of nitrogens with one attached hydrogen (secondary N) is 2. The van der Waals surface area contributed by atoms with E-state index in [-0.39, 0.29) is 0 Å². The fourth-order valence-corrected chi connectivity index (χ4v) is 4.44. The first-order valence-corrected chi connectivity index (χ1v) is 12.4. The van der Waals surface area contributed by atoms with E-state index in [1.807, 2.05) is 0 Å². The first-order chi connectivity index (χ1) is 15.6. The number of likely N-dealkylation sites (N-methyl/N-ethyl adjacent to an activating group) is 2. The molecule has 7 nitrogen and oxygen atoms in total. The summed E-state index contributed by atoms with van der Waals surface area (Å²) in [6, 6.07) is 11.2. The molecule has 0 saturated carbocycles. The Bertz CT molecular complexity index is 662. The minimum atomic E-state index is 0.405. The third-order valence-corrected chi connectivity index (χ3v) is 6.54.